The molecule has 96 valence electrons. The summed E-state index contributed by atoms with van der Waals surface area (Å²) in [5, 5.41) is 19.8. The van der Waals surface area contributed by atoms with Gasteiger partial charge in [-0.25, -0.2) is 0 Å². The monoisotopic (exact) mass is 274 g/mol. The Labute approximate surface area is 133 Å². The fourth-order valence-corrected chi connectivity index (χ4v) is 1.42. The van der Waals surface area contributed by atoms with Crippen LogP contribution in [-0.2, 0) is 9.53 Å². The van der Waals surface area contributed by atoms with E-state index < -0.39 is 16.8 Å². The van der Waals surface area contributed by atoms with Gasteiger partial charge in [0.25, 0.3) is 5.69 Å². The van der Waals surface area contributed by atoms with E-state index in [9.17, 15) is 14.9 Å². The number of carbonyl (C=O) groups is 1. The molecule has 1 aromatic carbocycles. The zero-order valence-electron chi connectivity index (χ0n) is 11.7. The molecule has 1 rings (SSSR count). The van der Waals surface area contributed by atoms with E-state index in [1.807, 2.05) is 0 Å². The van der Waals surface area contributed by atoms with Crippen molar-refractivity contribution in [3.8, 4) is 11.8 Å². The molecule has 0 radical (unpaired) electrons. The Morgan fingerprint density at radius 2 is 2.16 bits per heavy atom. The zero-order chi connectivity index (χ0) is 13.7. The number of rotatable bonds is 4. The number of hydrogen-bond donors (Lipinski definition) is 0. The molecule has 0 N–H and O–H groups in total. The van der Waals surface area contributed by atoms with E-state index in [1.165, 1.54) is 19.2 Å². The Morgan fingerprint density at radius 3 is 2.58 bits per heavy atom. The molecular weight excluding hydrogens is 263 g/mol. The SMILES string of the molecule is COC(=O)C(C#N)c1ccc(OC)cc1[N+](=O)[O-].[H-].[Na+]. The molecule has 0 aliphatic carbocycles. The van der Waals surface area contributed by atoms with Gasteiger partial charge in [0.2, 0.25) is 0 Å². The molecular formula is C11H11N2NaO5. The maximum absolute atomic E-state index is 11.4. The first-order chi connectivity index (χ1) is 8.54. The van der Waals surface area contributed by atoms with Crippen LogP contribution in [0, 0.1) is 21.4 Å². The molecule has 0 saturated heterocycles. The van der Waals surface area contributed by atoms with Crippen LogP contribution < -0.4 is 34.3 Å². The summed E-state index contributed by atoms with van der Waals surface area (Å²) in [6.45, 7) is 0. The van der Waals surface area contributed by atoms with Crippen molar-refractivity contribution in [1.82, 2.24) is 0 Å². The summed E-state index contributed by atoms with van der Waals surface area (Å²) in [4.78, 5) is 21.6. The molecule has 1 atom stereocenters. The Balaban J connectivity index is 0. The molecule has 0 spiro atoms. The Kier molecular flexibility index (Phi) is 7.08. The van der Waals surface area contributed by atoms with Crippen molar-refractivity contribution in [3.05, 3.63) is 33.9 Å². The smallest absolute Gasteiger partial charge is 1.00 e. The van der Waals surface area contributed by atoms with Gasteiger partial charge < -0.3 is 10.9 Å². The van der Waals surface area contributed by atoms with Crippen LogP contribution in [0.15, 0.2) is 18.2 Å². The molecule has 0 aromatic heterocycles. The summed E-state index contributed by atoms with van der Waals surface area (Å²) < 4.78 is 9.29. The Hall–Kier alpha value is -1.62. The van der Waals surface area contributed by atoms with E-state index in [-0.39, 0.29) is 48.0 Å². The van der Waals surface area contributed by atoms with Crippen molar-refractivity contribution in [2.24, 2.45) is 0 Å². The first-order valence-corrected chi connectivity index (χ1v) is 4.85. The summed E-state index contributed by atoms with van der Waals surface area (Å²) in [5.41, 5.74) is -0.374. The second kappa shape index (κ2) is 7.74. The van der Waals surface area contributed by atoms with Crippen LogP contribution >= 0.6 is 0 Å². The predicted octanol–water partition coefficient (Wildman–Crippen LogP) is -1.50. The van der Waals surface area contributed by atoms with Gasteiger partial charge in [0.05, 0.1) is 36.8 Å². The van der Waals surface area contributed by atoms with Gasteiger partial charge in [0, 0.05) is 0 Å². The minimum absolute atomic E-state index is 0. The van der Waals surface area contributed by atoms with Crippen LogP contribution in [0.1, 0.15) is 12.9 Å². The second-order valence-corrected chi connectivity index (χ2v) is 3.27. The summed E-state index contributed by atoms with van der Waals surface area (Å²) in [5.74, 6) is -1.90. The van der Waals surface area contributed by atoms with Crippen molar-refractivity contribution in [1.29, 1.82) is 5.26 Å². The van der Waals surface area contributed by atoms with E-state index in [4.69, 9.17) is 10.00 Å². The number of nitrogens with zero attached hydrogens (tertiary/aromatic N) is 2. The van der Waals surface area contributed by atoms with Crippen molar-refractivity contribution < 1.29 is 50.2 Å². The molecule has 0 bridgehead atoms. The average molecular weight is 274 g/mol. The number of nitro groups is 1. The van der Waals surface area contributed by atoms with Crippen molar-refractivity contribution in [2.45, 2.75) is 5.92 Å². The van der Waals surface area contributed by atoms with Crippen LogP contribution in [0.5, 0.6) is 5.75 Å². The molecule has 0 fully saturated rings. The molecule has 1 aromatic rings. The number of ether oxygens (including phenoxy) is 2. The van der Waals surface area contributed by atoms with Gasteiger partial charge in [-0.2, -0.15) is 5.26 Å². The van der Waals surface area contributed by atoms with Crippen molar-refractivity contribution in [2.75, 3.05) is 14.2 Å². The standard InChI is InChI=1S/C11H10N2O5.Na.H/c1-17-7-3-4-8(10(5-7)13(15)16)9(6-12)11(14)18-2;;/h3-5,9H,1-2H3;;/q;+1;-1. The fraction of sp³-hybridized carbons (Fsp3) is 0.273. The summed E-state index contributed by atoms with van der Waals surface area (Å²) in [6, 6.07) is 5.58. The van der Waals surface area contributed by atoms with Gasteiger partial charge in [-0.15, -0.1) is 0 Å². The zero-order valence-corrected chi connectivity index (χ0v) is 12.7. The normalized spacial score (nSPS) is 10.6. The minimum Gasteiger partial charge on any atom is -1.00 e. The predicted molar refractivity (Wildman–Crippen MR) is 61.1 cm³/mol. The van der Waals surface area contributed by atoms with Crippen molar-refractivity contribution >= 4 is 11.7 Å². The first kappa shape index (κ1) is 17.4. The third-order valence-corrected chi connectivity index (χ3v) is 2.31. The number of nitriles is 1. The molecule has 0 amide bonds. The molecule has 0 saturated carbocycles. The van der Waals surface area contributed by atoms with Crippen molar-refractivity contribution in [3.63, 3.8) is 0 Å². The maximum Gasteiger partial charge on any atom is 1.00 e. The van der Waals surface area contributed by atoms with Gasteiger partial charge in [0.1, 0.15) is 5.75 Å². The van der Waals surface area contributed by atoms with E-state index >= 15 is 0 Å². The molecule has 7 nitrogen and oxygen atoms in total. The van der Waals surface area contributed by atoms with Crippen LogP contribution in [0.4, 0.5) is 5.69 Å². The van der Waals surface area contributed by atoms with E-state index in [0.717, 1.165) is 13.2 Å². The average Bonchev–Trinajstić information content (AvgIpc) is 2.39. The van der Waals surface area contributed by atoms with E-state index in [0.29, 0.717) is 0 Å². The topological polar surface area (TPSA) is 102 Å². The van der Waals surface area contributed by atoms with Gasteiger partial charge in [-0.1, -0.05) is 0 Å². The second-order valence-electron chi connectivity index (χ2n) is 3.27. The third-order valence-electron chi connectivity index (χ3n) is 2.31. The first-order valence-electron chi connectivity index (χ1n) is 4.85. The number of nitro benzene ring substituents is 1. The molecule has 19 heavy (non-hydrogen) atoms. The summed E-state index contributed by atoms with van der Waals surface area (Å²) >= 11 is 0. The molecule has 0 aliphatic rings. The maximum atomic E-state index is 11.4. The quantitative estimate of drug-likeness (QED) is 0.286. The van der Waals surface area contributed by atoms with Crippen LogP contribution in [-0.4, -0.2) is 25.1 Å². The molecule has 8 heteroatoms. The summed E-state index contributed by atoms with van der Waals surface area (Å²) in [6.07, 6.45) is 0. The Bertz CT molecular complexity index is 532. The van der Waals surface area contributed by atoms with E-state index in [1.54, 1.807) is 6.07 Å². The van der Waals surface area contributed by atoms with Gasteiger partial charge in [-0.3, -0.25) is 14.9 Å². The fourth-order valence-electron chi connectivity index (χ4n) is 1.42. The molecule has 1 unspecified atom stereocenters. The number of hydrogen-bond acceptors (Lipinski definition) is 6. The molecule has 0 heterocycles. The summed E-state index contributed by atoms with van der Waals surface area (Å²) in [7, 11) is 2.48. The minimum atomic E-state index is -1.33. The number of benzene rings is 1. The Morgan fingerprint density at radius 1 is 1.53 bits per heavy atom. The van der Waals surface area contributed by atoms with E-state index in [2.05, 4.69) is 4.74 Å². The largest absolute Gasteiger partial charge is 1.00 e. The van der Waals surface area contributed by atoms with Crippen LogP contribution in [0.25, 0.3) is 0 Å². The van der Waals surface area contributed by atoms with Gasteiger partial charge in [0.15, 0.2) is 5.92 Å². The number of methoxy groups -OCH3 is 2. The third kappa shape index (κ3) is 3.92. The van der Waals surface area contributed by atoms with Gasteiger partial charge >= 0.3 is 35.5 Å². The van der Waals surface area contributed by atoms with Crippen LogP contribution in [0.3, 0.4) is 0 Å². The number of esters is 1. The van der Waals surface area contributed by atoms with Crippen LogP contribution in [0.2, 0.25) is 0 Å². The molecule has 0 aliphatic heterocycles. The number of carbonyl (C=O) groups excluding carboxylic acids is 1. The van der Waals surface area contributed by atoms with Gasteiger partial charge in [-0.05, 0) is 12.1 Å².